The first kappa shape index (κ1) is 6.00. The zero-order valence-corrected chi connectivity index (χ0v) is 7.93. The maximum Gasteiger partial charge on any atom is 0.189 e. The average molecular weight is 207 g/mol. The molecule has 0 radical (unpaired) electrons. The molecule has 0 amide bonds. The molecule has 78 valence electrons. The molecular weight excluding hydrogens is 192 g/mol. The Morgan fingerprint density at radius 1 is 1.53 bits per heavy atom. The molecule has 1 aromatic carbocycles. The summed E-state index contributed by atoms with van der Waals surface area (Å²) in [6.07, 6.45) is -0.442. The van der Waals surface area contributed by atoms with E-state index >= 15 is 0 Å². The number of benzene rings is 1. The van der Waals surface area contributed by atoms with E-state index in [1.807, 2.05) is 0 Å². The van der Waals surface area contributed by atoms with Crippen molar-refractivity contribution in [1.29, 1.82) is 0 Å². The van der Waals surface area contributed by atoms with Gasteiger partial charge in [-0.15, -0.1) is 0 Å². The molecule has 4 nitrogen and oxygen atoms in total. The molecule has 3 rings (SSSR count). The third-order valence-electron chi connectivity index (χ3n) is 2.27. The van der Waals surface area contributed by atoms with Gasteiger partial charge in [0.2, 0.25) is 0 Å². The van der Waals surface area contributed by atoms with Crippen LogP contribution < -0.4 is 14.8 Å². The van der Waals surface area contributed by atoms with E-state index in [2.05, 4.69) is 10.3 Å². The number of nitrogens with one attached hydrogen (secondary N) is 1. The number of para-hydroxylation sites is 2. The van der Waals surface area contributed by atoms with Crippen molar-refractivity contribution in [3.8, 4) is 11.5 Å². The monoisotopic (exact) mass is 207 g/mol. The molecule has 15 heavy (non-hydrogen) atoms. The van der Waals surface area contributed by atoms with Crippen LogP contribution in [0.2, 0.25) is 0 Å². The van der Waals surface area contributed by atoms with Crippen LogP contribution in [0.3, 0.4) is 0 Å². The molecule has 3 atom stereocenters. The first-order valence-corrected chi connectivity index (χ1v) is 4.72. The summed E-state index contributed by atoms with van der Waals surface area (Å²) in [6.45, 7) is -1.30. The molecule has 1 unspecified atom stereocenters. The summed E-state index contributed by atoms with van der Waals surface area (Å²) < 4.78 is 33.8. The quantitative estimate of drug-likeness (QED) is 0.741. The van der Waals surface area contributed by atoms with Crippen LogP contribution in [0.25, 0.3) is 0 Å². The summed E-state index contributed by atoms with van der Waals surface area (Å²) in [4.78, 5) is 4.02. The van der Waals surface area contributed by atoms with Crippen LogP contribution >= 0.6 is 0 Å². The number of ether oxygens (including phenoxy) is 2. The van der Waals surface area contributed by atoms with Gasteiger partial charge < -0.3 is 14.8 Å². The Hall–Kier alpha value is -1.71. The predicted octanol–water partition coefficient (Wildman–Crippen LogP) is 0.828. The van der Waals surface area contributed by atoms with Crippen molar-refractivity contribution in [3.63, 3.8) is 0 Å². The lowest BCUT2D eigenvalue weighted by Gasteiger charge is -2.26. The molecule has 0 saturated heterocycles. The molecule has 4 heteroatoms. The van der Waals surface area contributed by atoms with Crippen molar-refractivity contribution in [3.05, 3.63) is 24.2 Å². The molecule has 1 N–H and O–H groups in total. The number of hydrogen-bond donors (Lipinski definition) is 1. The summed E-state index contributed by atoms with van der Waals surface area (Å²) in [5, 5.41) is 2.80. The normalized spacial score (nSPS) is 35.9. The smallest absolute Gasteiger partial charge is 0.189 e. The maximum absolute atomic E-state index is 7.53. The first-order valence-electron chi connectivity index (χ1n) is 6.38. The van der Waals surface area contributed by atoms with Gasteiger partial charge in [-0.05, 0) is 12.1 Å². The Kier molecular flexibility index (Phi) is 1.38. The second-order valence-electron chi connectivity index (χ2n) is 3.26. The fraction of sp³-hybridized carbons (Fsp3) is 0.364. The van der Waals surface area contributed by atoms with Crippen molar-refractivity contribution in [2.75, 3.05) is 19.6 Å². The maximum atomic E-state index is 7.53. The fourth-order valence-corrected chi connectivity index (χ4v) is 1.55. The Balaban J connectivity index is 1.81. The molecule has 0 bridgehead atoms. The van der Waals surface area contributed by atoms with E-state index in [-0.39, 0.29) is 6.61 Å². The summed E-state index contributed by atoms with van der Waals surface area (Å²) in [5.74, 6) is 1.57. The topological polar surface area (TPSA) is 42.8 Å². The molecule has 2 aliphatic rings. The standard InChI is InChI=1S/C11H12N2O2/c1-2-4-9-8(3-1)14-7-10(15-9)11-12-5-6-13-11/h1-4,10H,5-7H2,(H,12,13)/i2D,5D,6D/t5-,6-,10?/m0/s1. The van der Waals surface area contributed by atoms with Crippen LogP contribution in [0.5, 0.6) is 11.5 Å². The number of amidine groups is 1. The molecule has 2 aliphatic heterocycles. The summed E-state index contributed by atoms with van der Waals surface area (Å²) in [6, 6.07) is 5.25. The third-order valence-corrected chi connectivity index (χ3v) is 2.27. The molecule has 2 heterocycles. The van der Waals surface area contributed by atoms with Crippen LogP contribution in [-0.2, 0) is 0 Å². The van der Waals surface area contributed by atoms with Crippen LogP contribution in [0.4, 0.5) is 0 Å². The summed E-state index contributed by atoms with van der Waals surface area (Å²) >= 11 is 0. The third kappa shape index (κ3) is 1.52. The van der Waals surface area contributed by atoms with Gasteiger partial charge in [0.25, 0.3) is 0 Å². The highest BCUT2D eigenvalue weighted by Gasteiger charge is 2.26. The minimum atomic E-state index is -0.826. The van der Waals surface area contributed by atoms with E-state index in [0.29, 0.717) is 23.4 Å². The second kappa shape index (κ2) is 3.46. The van der Waals surface area contributed by atoms with Crippen LogP contribution in [0.1, 0.15) is 4.11 Å². The molecule has 0 spiro atoms. The molecule has 0 saturated carbocycles. The highest BCUT2D eigenvalue weighted by Crippen LogP contribution is 2.31. The van der Waals surface area contributed by atoms with E-state index < -0.39 is 19.1 Å². The number of nitrogens with zero attached hydrogens (tertiary/aromatic N) is 1. The van der Waals surface area contributed by atoms with Crippen molar-refractivity contribution in [2.24, 2.45) is 4.99 Å². The highest BCUT2D eigenvalue weighted by molar-refractivity contribution is 5.88. The van der Waals surface area contributed by atoms with E-state index in [1.165, 1.54) is 0 Å². The molecular formula is C11H12N2O2. The molecule has 1 aromatic rings. The molecule has 0 aliphatic carbocycles. The van der Waals surface area contributed by atoms with Crippen molar-refractivity contribution in [1.82, 2.24) is 5.32 Å². The van der Waals surface area contributed by atoms with Gasteiger partial charge in [-0.25, -0.2) is 0 Å². The van der Waals surface area contributed by atoms with Gasteiger partial charge in [0, 0.05) is 6.52 Å². The largest absolute Gasteiger partial charge is 0.485 e. The second-order valence-corrected chi connectivity index (χ2v) is 3.26. The lowest BCUT2D eigenvalue weighted by atomic mass is 10.2. The van der Waals surface area contributed by atoms with Crippen molar-refractivity contribution >= 4 is 5.84 Å². The van der Waals surface area contributed by atoms with Gasteiger partial charge in [-0.1, -0.05) is 12.1 Å². The van der Waals surface area contributed by atoms with Gasteiger partial charge in [-0.3, -0.25) is 4.99 Å². The lowest BCUT2D eigenvalue weighted by Crippen LogP contribution is -2.42. The zero-order valence-electron chi connectivity index (χ0n) is 10.9. The van der Waals surface area contributed by atoms with Crippen LogP contribution in [0, 0.1) is 0 Å². The Morgan fingerprint density at radius 3 is 3.40 bits per heavy atom. The number of aliphatic imine (C=N–C) groups is 1. The summed E-state index contributed by atoms with van der Waals surface area (Å²) in [5.41, 5.74) is 0. The van der Waals surface area contributed by atoms with Gasteiger partial charge >= 0.3 is 0 Å². The van der Waals surface area contributed by atoms with E-state index in [4.69, 9.17) is 13.6 Å². The zero-order chi connectivity index (χ0) is 12.7. The van der Waals surface area contributed by atoms with Gasteiger partial charge in [0.05, 0.1) is 10.6 Å². The minimum Gasteiger partial charge on any atom is -0.485 e. The number of rotatable bonds is 1. The fourth-order valence-electron chi connectivity index (χ4n) is 1.55. The highest BCUT2D eigenvalue weighted by atomic mass is 16.6. The number of fused-ring (bicyclic) bond motifs is 1. The van der Waals surface area contributed by atoms with E-state index in [1.54, 1.807) is 18.2 Å². The van der Waals surface area contributed by atoms with Crippen LogP contribution in [0.15, 0.2) is 29.2 Å². The molecule has 0 fully saturated rings. The first-order chi connectivity index (χ1) is 8.63. The van der Waals surface area contributed by atoms with Gasteiger partial charge in [0.15, 0.2) is 17.6 Å². The molecule has 0 aromatic heterocycles. The van der Waals surface area contributed by atoms with Gasteiger partial charge in [0.1, 0.15) is 12.4 Å². The van der Waals surface area contributed by atoms with Crippen LogP contribution in [-0.4, -0.2) is 31.6 Å². The number of hydrogen-bond acceptors (Lipinski definition) is 4. The lowest BCUT2D eigenvalue weighted by molar-refractivity contribution is 0.133. The SMILES string of the molecule is [2H]c1ccc2c(c1)OC(C1=N[C@@H]([2H])[C@H]([2H])N1)CO2. The average Bonchev–Trinajstić information content (AvgIpc) is 2.69. The van der Waals surface area contributed by atoms with Crippen molar-refractivity contribution in [2.45, 2.75) is 6.10 Å². The minimum absolute atomic E-state index is 0.287. The van der Waals surface area contributed by atoms with E-state index in [0.717, 1.165) is 0 Å². The van der Waals surface area contributed by atoms with E-state index in [9.17, 15) is 0 Å². The predicted molar refractivity (Wildman–Crippen MR) is 56.7 cm³/mol. The van der Waals surface area contributed by atoms with Gasteiger partial charge in [-0.2, -0.15) is 0 Å². The summed E-state index contributed by atoms with van der Waals surface area (Å²) in [7, 11) is 0. The Bertz CT molecular complexity index is 509. The van der Waals surface area contributed by atoms with Crippen molar-refractivity contribution < 1.29 is 13.6 Å². The Labute approximate surface area is 92.1 Å². The Morgan fingerprint density at radius 2 is 2.53 bits per heavy atom.